The Hall–Kier alpha value is -2.80. The van der Waals surface area contributed by atoms with Crippen LogP contribution in [0.25, 0.3) is 0 Å². The van der Waals surface area contributed by atoms with Crippen LogP contribution in [0, 0.1) is 46.5 Å². The number of hydrogen-bond donors (Lipinski definition) is 0. The molecule has 6 heteroatoms. The maximum atomic E-state index is 14.4. The molecule has 0 bridgehead atoms. The molecule has 0 aromatic heterocycles. The molecule has 3 rings (SSSR count). The average Bonchev–Trinajstić information content (AvgIpc) is 2.68. The van der Waals surface area contributed by atoms with Crippen LogP contribution >= 0.6 is 0 Å². The number of ether oxygens (including phenoxy) is 2. The lowest BCUT2D eigenvalue weighted by Crippen LogP contribution is -2.27. The van der Waals surface area contributed by atoms with E-state index in [-0.39, 0.29) is 22.6 Å². The van der Waals surface area contributed by atoms with Crippen LogP contribution in [-0.4, -0.2) is 13.2 Å². The van der Waals surface area contributed by atoms with E-state index in [1.165, 1.54) is 12.1 Å². The van der Waals surface area contributed by atoms with E-state index in [0.29, 0.717) is 13.2 Å². The van der Waals surface area contributed by atoms with Gasteiger partial charge in [-0.15, -0.1) is 0 Å². The Morgan fingerprint density at radius 1 is 1.00 bits per heavy atom. The zero-order valence-electron chi connectivity index (χ0n) is 15.3. The summed E-state index contributed by atoms with van der Waals surface area (Å²) in [5, 5.41) is 8.72. The summed E-state index contributed by atoms with van der Waals surface area (Å²) in [6, 6.07) is 7.69. The molecule has 0 amide bonds. The Morgan fingerprint density at radius 3 is 2.25 bits per heavy atom. The largest absolute Gasteiger partial charge is 0.348 e. The van der Waals surface area contributed by atoms with Crippen LogP contribution in [0.3, 0.4) is 0 Å². The Kier molecular flexibility index (Phi) is 6.36. The van der Waals surface area contributed by atoms with Crippen LogP contribution in [0.15, 0.2) is 30.3 Å². The van der Waals surface area contributed by atoms with Gasteiger partial charge in [-0.05, 0) is 36.8 Å². The summed E-state index contributed by atoms with van der Waals surface area (Å²) in [6.45, 7) is 3.03. The number of nitrogens with zero attached hydrogens (tertiary/aromatic N) is 1. The van der Waals surface area contributed by atoms with Crippen molar-refractivity contribution < 1.29 is 22.6 Å². The lowest BCUT2D eigenvalue weighted by molar-refractivity contribution is -0.206. The number of hydrogen-bond acceptors (Lipinski definition) is 3. The van der Waals surface area contributed by atoms with E-state index >= 15 is 0 Å². The molecule has 3 nitrogen and oxygen atoms in total. The lowest BCUT2D eigenvalue weighted by Gasteiger charge is -2.29. The molecule has 1 fully saturated rings. The first-order valence-electron chi connectivity index (χ1n) is 8.95. The van der Waals surface area contributed by atoms with Crippen LogP contribution in [0.1, 0.15) is 48.3 Å². The van der Waals surface area contributed by atoms with Crippen LogP contribution in [0.4, 0.5) is 13.2 Å². The van der Waals surface area contributed by atoms with Gasteiger partial charge >= 0.3 is 0 Å². The SMILES string of the molecule is CCC[C@H]1CO[C@H](c2cc(F)c(C#Cc3ccc(C#N)c(F)c3)c(F)c2)OC1. The summed E-state index contributed by atoms with van der Waals surface area (Å²) in [6.07, 6.45) is 1.17. The van der Waals surface area contributed by atoms with Gasteiger partial charge in [0.25, 0.3) is 0 Å². The van der Waals surface area contributed by atoms with E-state index in [0.717, 1.165) is 31.0 Å². The van der Waals surface area contributed by atoms with Gasteiger partial charge in [-0.2, -0.15) is 5.26 Å². The Labute approximate surface area is 161 Å². The minimum absolute atomic E-state index is 0.124. The predicted octanol–water partition coefficient (Wildman–Crippen LogP) is 4.84. The first-order valence-corrected chi connectivity index (χ1v) is 8.95. The van der Waals surface area contributed by atoms with Gasteiger partial charge < -0.3 is 9.47 Å². The highest BCUT2D eigenvalue weighted by Crippen LogP contribution is 2.29. The van der Waals surface area contributed by atoms with E-state index in [2.05, 4.69) is 18.8 Å². The van der Waals surface area contributed by atoms with Crippen molar-refractivity contribution in [2.75, 3.05) is 13.2 Å². The van der Waals surface area contributed by atoms with Crippen molar-refractivity contribution in [1.82, 2.24) is 0 Å². The van der Waals surface area contributed by atoms with E-state index < -0.39 is 29.3 Å². The van der Waals surface area contributed by atoms with Crippen molar-refractivity contribution in [3.63, 3.8) is 0 Å². The standard InChI is InChI=1S/C22H18F3NO2/c1-2-3-15-12-27-22(28-13-15)17-9-20(24)18(21(25)10-17)7-5-14-4-6-16(11-26)19(23)8-14/h4,6,8-10,15,22H,2-3,12-13H2,1H3/t15-,22-. The summed E-state index contributed by atoms with van der Waals surface area (Å²) in [5.41, 5.74) is -0.0886. The van der Waals surface area contributed by atoms with Gasteiger partial charge in [0.2, 0.25) is 0 Å². The first-order chi connectivity index (χ1) is 13.5. The Bertz CT molecular complexity index is 941. The van der Waals surface area contributed by atoms with E-state index in [1.54, 1.807) is 6.07 Å². The van der Waals surface area contributed by atoms with Crippen LogP contribution in [-0.2, 0) is 9.47 Å². The number of nitriles is 1. The molecule has 0 aliphatic carbocycles. The summed E-state index contributed by atoms with van der Waals surface area (Å²) < 4.78 is 53.6. The fraction of sp³-hybridized carbons (Fsp3) is 0.318. The second-order valence-corrected chi connectivity index (χ2v) is 6.57. The first kappa shape index (κ1) is 19.9. The fourth-order valence-electron chi connectivity index (χ4n) is 2.98. The van der Waals surface area contributed by atoms with E-state index in [9.17, 15) is 13.2 Å². The monoisotopic (exact) mass is 385 g/mol. The molecular weight excluding hydrogens is 367 g/mol. The van der Waals surface area contributed by atoms with Crippen LogP contribution in [0.2, 0.25) is 0 Å². The molecule has 1 aliphatic rings. The molecule has 28 heavy (non-hydrogen) atoms. The van der Waals surface area contributed by atoms with Gasteiger partial charge in [0.05, 0.1) is 24.3 Å². The zero-order chi connectivity index (χ0) is 20.1. The second kappa shape index (κ2) is 8.93. The van der Waals surface area contributed by atoms with Gasteiger partial charge in [-0.1, -0.05) is 25.2 Å². The van der Waals surface area contributed by atoms with E-state index in [1.807, 2.05) is 0 Å². The second-order valence-electron chi connectivity index (χ2n) is 6.57. The molecule has 0 atom stereocenters. The molecular formula is C22H18F3NO2. The molecule has 1 aliphatic heterocycles. The third-order valence-corrected chi connectivity index (χ3v) is 4.42. The molecule has 0 saturated carbocycles. The van der Waals surface area contributed by atoms with Crippen molar-refractivity contribution >= 4 is 0 Å². The van der Waals surface area contributed by atoms with Gasteiger partial charge in [-0.25, -0.2) is 13.2 Å². The van der Waals surface area contributed by atoms with Gasteiger partial charge in [-0.3, -0.25) is 0 Å². The summed E-state index contributed by atoms with van der Waals surface area (Å²) >= 11 is 0. The highest BCUT2D eigenvalue weighted by atomic mass is 19.1. The fourth-order valence-corrected chi connectivity index (χ4v) is 2.98. The third kappa shape index (κ3) is 4.54. The zero-order valence-corrected chi connectivity index (χ0v) is 15.3. The number of rotatable bonds is 3. The van der Waals surface area contributed by atoms with Crippen molar-refractivity contribution in [2.24, 2.45) is 5.92 Å². The summed E-state index contributed by atoms with van der Waals surface area (Å²) in [4.78, 5) is 0. The minimum atomic E-state index is -0.848. The van der Waals surface area contributed by atoms with Gasteiger partial charge in [0.1, 0.15) is 23.5 Å². The minimum Gasteiger partial charge on any atom is -0.348 e. The summed E-state index contributed by atoms with van der Waals surface area (Å²) in [7, 11) is 0. The maximum Gasteiger partial charge on any atom is 0.184 e. The average molecular weight is 385 g/mol. The van der Waals surface area contributed by atoms with Crippen molar-refractivity contribution in [1.29, 1.82) is 5.26 Å². The van der Waals surface area contributed by atoms with Crippen molar-refractivity contribution in [2.45, 2.75) is 26.1 Å². The normalized spacial score (nSPS) is 18.8. The molecule has 0 spiro atoms. The number of halogens is 3. The summed E-state index contributed by atoms with van der Waals surface area (Å²) in [5.74, 6) is 2.75. The van der Waals surface area contributed by atoms with Gasteiger partial charge in [0, 0.05) is 17.0 Å². The van der Waals surface area contributed by atoms with Crippen LogP contribution in [0.5, 0.6) is 0 Å². The molecule has 1 heterocycles. The Morgan fingerprint density at radius 2 is 1.68 bits per heavy atom. The van der Waals surface area contributed by atoms with Crippen molar-refractivity contribution in [3.05, 3.63) is 70.0 Å². The van der Waals surface area contributed by atoms with Gasteiger partial charge in [0.15, 0.2) is 6.29 Å². The molecule has 0 N–H and O–H groups in total. The van der Waals surface area contributed by atoms with Crippen LogP contribution < -0.4 is 0 Å². The quantitative estimate of drug-likeness (QED) is 0.711. The molecule has 2 aromatic carbocycles. The Balaban J connectivity index is 1.78. The highest BCUT2D eigenvalue weighted by molar-refractivity contribution is 5.47. The molecule has 144 valence electrons. The molecule has 0 radical (unpaired) electrons. The smallest absolute Gasteiger partial charge is 0.184 e. The van der Waals surface area contributed by atoms with Crippen molar-refractivity contribution in [3.8, 4) is 17.9 Å². The predicted molar refractivity (Wildman–Crippen MR) is 96.5 cm³/mol. The maximum absolute atomic E-state index is 14.4. The molecule has 1 saturated heterocycles. The third-order valence-electron chi connectivity index (χ3n) is 4.42. The lowest BCUT2D eigenvalue weighted by atomic mass is 10.0. The number of benzene rings is 2. The molecule has 2 aromatic rings. The topological polar surface area (TPSA) is 42.2 Å². The van der Waals surface area contributed by atoms with E-state index in [4.69, 9.17) is 14.7 Å². The highest BCUT2D eigenvalue weighted by Gasteiger charge is 2.24. The molecule has 0 unspecified atom stereocenters.